The second-order valence-corrected chi connectivity index (χ2v) is 5.48. The highest BCUT2D eigenvalue weighted by molar-refractivity contribution is 5.75. The van der Waals surface area contributed by atoms with Gasteiger partial charge in [-0.2, -0.15) is 0 Å². The fourth-order valence-corrected chi connectivity index (χ4v) is 3.05. The molecule has 3 nitrogen and oxygen atoms in total. The molecule has 14 heavy (non-hydrogen) atoms. The number of fused-ring (bicyclic) bond motifs is 1. The van der Waals surface area contributed by atoms with E-state index in [1.165, 1.54) is 0 Å². The van der Waals surface area contributed by atoms with Crippen LogP contribution in [0.1, 0.15) is 46.5 Å². The SMILES string of the molecule is CC1(C)CCCC2(C)OC(=O)CC12O. The number of carbonyl (C=O) groups is 1. The topological polar surface area (TPSA) is 46.5 Å². The fourth-order valence-electron chi connectivity index (χ4n) is 3.05. The van der Waals surface area contributed by atoms with Gasteiger partial charge in [0, 0.05) is 0 Å². The summed E-state index contributed by atoms with van der Waals surface area (Å²) in [6, 6.07) is 0. The fraction of sp³-hybridized carbons (Fsp3) is 0.909. The van der Waals surface area contributed by atoms with Crippen molar-refractivity contribution in [3.05, 3.63) is 0 Å². The van der Waals surface area contributed by atoms with Gasteiger partial charge in [0.05, 0.1) is 6.42 Å². The van der Waals surface area contributed by atoms with Gasteiger partial charge in [0.25, 0.3) is 0 Å². The van der Waals surface area contributed by atoms with Crippen molar-refractivity contribution < 1.29 is 14.6 Å². The average molecular weight is 198 g/mol. The highest BCUT2D eigenvalue weighted by Crippen LogP contribution is 2.55. The van der Waals surface area contributed by atoms with Crippen LogP contribution in [0.3, 0.4) is 0 Å². The van der Waals surface area contributed by atoms with Gasteiger partial charge in [-0.05, 0) is 31.6 Å². The van der Waals surface area contributed by atoms with E-state index in [1.54, 1.807) is 0 Å². The van der Waals surface area contributed by atoms with E-state index in [0.717, 1.165) is 19.3 Å². The van der Waals surface area contributed by atoms with Crippen LogP contribution in [0.25, 0.3) is 0 Å². The lowest BCUT2D eigenvalue weighted by atomic mass is 9.58. The Kier molecular flexibility index (Phi) is 1.79. The maximum absolute atomic E-state index is 11.3. The largest absolute Gasteiger partial charge is 0.456 e. The van der Waals surface area contributed by atoms with Gasteiger partial charge in [-0.25, -0.2) is 0 Å². The molecule has 2 aliphatic rings. The van der Waals surface area contributed by atoms with Crippen LogP contribution in [-0.4, -0.2) is 22.3 Å². The van der Waals surface area contributed by atoms with Crippen LogP contribution in [0.15, 0.2) is 0 Å². The summed E-state index contributed by atoms with van der Waals surface area (Å²) in [5.74, 6) is -0.259. The Morgan fingerprint density at radius 1 is 1.29 bits per heavy atom. The average Bonchev–Trinajstić information content (AvgIpc) is 2.22. The summed E-state index contributed by atoms with van der Waals surface area (Å²) >= 11 is 0. The molecule has 0 radical (unpaired) electrons. The van der Waals surface area contributed by atoms with Crippen molar-refractivity contribution in [3.63, 3.8) is 0 Å². The number of hydrogen-bond donors (Lipinski definition) is 1. The summed E-state index contributed by atoms with van der Waals surface area (Å²) in [5.41, 5.74) is -1.87. The lowest BCUT2D eigenvalue weighted by molar-refractivity contribution is -0.194. The minimum atomic E-state index is -0.977. The molecule has 2 rings (SSSR count). The van der Waals surface area contributed by atoms with Crippen LogP contribution < -0.4 is 0 Å². The van der Waals surface area contributed by atoms with Crippen LogP contribution in [0, 0.1) is 5.41 Å². The normalized spacial score (nSPS) is 45.9. The van der Waals surface area contributed by atoms with Gasteiger partial charge in [0.15, 0.2) is 0 Å². The quantitative estimate of drug-likeness (QED) is 0.602. The van der Waals surface area contributed by atoms with Crippen LogP contribution in [0.4, 0.5) is 0 Å². The molecule has 3 heteroatoms. The van der Waals surface area contributed by atoms with Crippen molar-refractivity contribution in [2.45, 2.75) is 57.7 Å². The van der Waals surface area contributed by atoms with Gasteiger partial charge >= 0.3 is 5.97 Å². The first-order valence-electron chi connectivity index (χ1n) is 5.25. The number of rotatable bonds is 0. The highest BCUT2D eigenvalue weighted by atomic mass is 16.6. The molecule has 80 valence electrons. The molecule has 0 aromatic heterocycles. The van der Waals surface area contributed by atoms with E-state index < -0.39 is 11.2 Å². The minimum Gasteiger partial charge on any atom is -0.456 e. The zero-order valence-corrected chi connectivity index (χ0v) is 9.09. The van der Waals surface area contributed by atoms with Gasteiger partial charge in [-0.15, -0.1) is 0 Å². The summed E-state index contributed by atoms with van der Waals surface area (Å²) in [5, 5.41) is 10.6. The van der Waals surface area contributed by atoms with E-state index in [-0.39, 0.29) is 17.8 Å². The van der Waals surface area contributed by atoms with E-state index in [0.29, 0.717) is 0 Å². The molecule has 2 fully saturated rings. The summed E-state index contributed by atoms with van der Waals surface area (Å²) < 4.78 is 5.30. The summed E-state index contributed by atoms with van der Waals surface area (Å²) in [6.45, 7) is 5.90. The Balaban J connectivity index is 2.45. The first kappa shape index (κ1) is 9.97. The maximum atomic E-state index is 11.3. The Bertz CT molecular complexity index is 284. The van der Waals surface area contributed by atoms with Crippen molar-refractivity contribution in [3.8, 4) is 0 Å². The van der Waals surface area contributed by atoms with Gasteiger partial charge in [0.1, 0.15) is 11.2 Å². The van der Waals surface area contributed by atoms with Crippen LogP contribution in [0.2, 0.25) is 0 Å². The van der Waals surface area contributed by atoms with E-state index in [2.05, 4.69) is 0 Å². The van der Waals surface area contributed by atoms with Crippen LogP contribution in [0.5, 0.6) is 0 Å². The molecule has 2 unspecified atom stereocenters. The van der Waals surface area contributed by atoms with Crippen LogP contribution in [-0.2, 0) is 9.53 Å². The lowest BCUT2D eigenvalue weighted by Crippen LogP contribution is -2.60. The van der Waals surface area contributed by atoms with Gasteiger partial charge in [-0.1, -0.05) is 13.8 Å². The zero-order valence-electron chi connectivity index (χ0n) is 9.09. The van der Waals surface area contributed by atoms with Crippen molar-refractivity contribution in [2.24, 2.45) is 5.41 Å². The minimum absolute atomic E-state index is 0.149. The van der Waals surface area contributed by atoms with Gasteiger partial charge < -0.3 is 9.84 Å². The van der Waals surface area contributed by atoms with Gasteiger partial charge in [0.2, 0.25) is 0 Å². The summed E-state index contributed by atoms with van der Waals surface area (Å²) in [4.78, 5) is 11.3. The number of esters is 1. The third-order valence-electron chi connectivity index (χ3n) is 4.19. The number of aliphatic hydroxyl groups is 1. The molecule has 1 N–H and O–H groups in total. The number of carbonyl (C=O) groups excluding carboxylic acids is 1. The Hall–Kier alpha value is -0.570. The summed E-state index contributed by atoms with van der Waals surface area (Å²) in [6.07, 6.45) is 2.89. The zero-order chi connectivity index (χ0) is 10.6. The molecule has 0 aromatic carbocycles. The lowest BCUT2D eigenvalue weighted by Gasteiger charge is -2.51. The third-order valence-corrected chi connectivity index (χ3v) is 4.19. The summed E-state index contributed by atoms with van der Waals surface area (Å²) in [7, 11) is 0. The molecular formula is C11H18O3. The molecule has 1 aliphatic carbocycles. The van der Waals surface area contributed by atoms with Crippen LogP contribution >= 0.6 is 0 Å². The Labute approximate surface area is 84.4 Å². The standard InChI is InChI=1S/C11H18O3/c1-9(2)5-4-6-10(3)11(9,13)7-8(12)14-10/h13H,4-7H2,1-3H3. The van der Waals surface area contributed by atoms with Crippen molar-refractivity contribution in [1.82, 2.24) is 0 Å². The Morgan fingerprint density at radius 2 is 1.93 bits per heavy atom. The van der Waals surface area contributed by atoms with Crippen molar-refractivity contribution in [2.75, 3.05) is 0 Å². The highest BCUT2D eigenvalue weighted by Gasteiger charge is 2.65. The molecule has 1 heterocycles. The second kappa shape index (κ2) is 2.51. The number of hydrogen-bond acceptors (Lipinski definition) is 3. The maximum Gasteiger partial charge on any atom is 0.309 e. The molecule has 0 spiro atoms. The van der Waals surface area contributed by atoms with Gasteiger partial charge in [-0.3, -0.25) is 4.79 Å². The molecule has 0 aromatic rings. The molecule has 0 amide bonds. The number of ether oxygens (including phenoxy) is 1. The predicted octanol–water partition coefficient (Wildman–Crippen LogP) is 1.63. The monoisotopic (exact) mass is 198 g/mol. The first-order chi connectivity index (χ1) is 6.31. The predicted molar refractivity (Wildman–Crippen MR) is 51.7 cm³/mol. The van der Waals surface area contributed by atoms with E-state index in [4.69, 9.17) is 4.74 Å². The molecule has 1 saturated carbocycles. The smallest absolute Gasteiger partial charge is 0.309 e. The molecular weight excluding hydrogens is 180 g/mol. The Morgan fingerprint density at radius 3 is 2.50 bits per heavy atom. The molecule has 2 atom stereocenters. The van der Waals surface area contributed by atoms with E-state index in [1.807, 2.05) is 20.8 Å². The molecule has 1 aliphatic heterocycles. The first-order valence-corrected chi connectivity index (χ1v) is 5.25. The van der Waals surface area contributed by atoms with E-state index >= 15 is 0 Å². The molecule has 0 bridgehead atoms. The van der Waals surface area contributed by atoms with Crippen molar-refractivity contribution in [1.29, 1.82) is 0 Å². The third kappa shape index (κ3) is 0.991. The van der Waals surface area contributed by atoms with Crippen molar-refractivity contribution >= 4 is 5.97 Å². The van der Waals surface area contributed by atoms with E-state index in [9.17, 15) is 9.90 Å². The molecule has 1 saturated heterocycles. The second-order valence-electron chi connectivity index (χ2n) is 5.48.